The molecule has 1 aromatic rings. The zero-order chi connectivity index (χ0) is 12.4. The van der Waals surface area contributed by atoms with Crippen molar-refractivity contribution >= 4 is 5.91 Å². The van der Waals surface area contributed by atoms with E-state index in [0.717, 1.165) is 12.8 Å². The van der Waals surface area contributed by atoms with Crippen molar-refractivity contribution in [1.29, 1.82) is 0 Å². The standard InChI is InChI=1S/C14H19NO2/c1-10(2)15(11-8-9-11)14(16)12-6-4-5-7-13(12)17-3/h4-7,10-11H,8-9H2,1-3H3. The fourth-order valence-electron chi connectivity index (χ4n) is 2.14. The average molecular weight is 233 g/mol. The molecule has 1 fully saturated rings. The molecule has 0 spiro atoms. The summed E-state index contributed by atoms with van der Waals surface area (Å²) in [6, 6.07) is 8.08. The Bertz CT molecular complexity index is 408. The highest BCUT2D eigenvalue weighted by Gasteiger charge is 2.35. The summed E-state index contributed by atoms with van der Waals surface area (Å²) in [4.78, 5) is 14.5. The van der Waals surface area contributed by atoms with Gasteiger partial charge in [0, 0.05) is 12.1 Å². The van der Waals surface area contributed by atoms with Gasteiger partial charge in [0.1, 0.15) is 5.75 Å². The van der Waals surface area contributed by atoms with Crippen LogP contribution in [0, 0.1) is 0 Å². The predicted octanol–water partition coefficient (Wildman–Crippen LogP) is 2.71. The van der Waals surface area contributed by atoms with Crippen molar-refractivity contribution in [2.24, 2.45) is 0 Å². The van der Waals surface area contributed by atoms with E-state index in [-0.39, 0.29) is 11.9 Å². The predicted molar refractivity (Wildman–Crippen MR) is 67.3 cm³/mol. The zero-order valence-corrected chi connectivity index (χ0v) is 10.6. The molecule has 0 atom stereocenters. The summed E-state index contributed by atoms with van der Waals surface area (Å²) in [5, 5.41) is 0. The minimum absolute atomic E-state index is 0.0833. The quantitative estimate of drug-likeness (QED) is 0.800. The number of hydrogen-bond donors (Lipinski definition) is 0. The number of benzene rings is 1. The van der Waals surface area contributed by atoms with Crippen LogP contribution in [-0.4, -0.2) is 30.0 Å². The lowest BCUT2D eigenvalue weighted by Crippen LogP contribution is -2.38. The largest absolute Gasteiger partial charge is 0.496 e. The molecule has 0 radical (unpaired) electrons. The van der Waals surface area contributed by atoms with Crippen LogP contribution in [0.3, 0.4) is 0 Å². The molecule has 0 N–H and O–H groups in total. The van der Waals surface area contributed by atoms with Crippen LogP contribution in [0.15, 0.2) is 24.3 Å². The van der Waals surface area contributed by atoms with Crippen LogP contribution in [0.5, 0.6) is 5.75 Å². The SMILES string of the molecule is COc1ccccc1C(=O)N(C(C)C)C1CC1. The van der Waals surface area contributed by atoms with Gasteiger partial charge < -0.3 is 9.64 Å². The smallest absolute Gasteiger partial charge is 0.258 e. The molecule has 92 valence electrons. The summed E-state index contributed by atoms with van der Waals surface area (Å²) in [5.74, 6) is 0.740. The molecule has 0 unspecified atom stereocenters. The van der Waals surface area contributed by atoms with Crippen molar-refractivity contribution in [3.05, 3.63) is 29.8 Å². The third-order valence-electron chi connectivity index (χ3n) is 3.07. The summed E-state index contributed by atoms with van der Waals surface area (Å²) in [7, 11) is 1.60. The molecular formula is C14H19NO2. The number of nitrogens with zero attached hydrogens (tertiary/aromatic N) is 1. The number of amides is 1. The molecule has 1 aromatic carbocycles. The summed E-state index contributed by atoms with van der Waals surface area (Å²) < 4.78 is 5.25. The second-order valence-corrected chi connectivity index (χ2v) is 4.74. The van der Waals surface area contributed by atoms with Gasteiger partial charge in [-0.15, -0.1) is 0 Å². The molecule has 3 nitrogen and oxygen atoms in total. The van der Waals surface area contributed by atoms with E-state index in [4.69, 9.17) is 4.74 Å². The maximum absolute atomic E-state index is 12.5. The van der Waals surface area contributed by atoms with E-state index in [1.54, 1.807) is 7.11 Å². The Morgan fingerprint density at radius 2 is 2.00 bits per heavy atom. The number of methoxy groups -OCH3 is 1. The highest BCUT2D eigenvalue weighted by atomic mass is 16.5. The Kier molecular flexibility index (Phi) is 3.36. The van der Waals surface area contributed by atoms with Gasteiger partial charge in [0.05, 0.1) is 12.7 Å². The molecule has 3 heteroatoms. The van der Waals surface area contributed by atoms with Crippen molar-refractivity contribution < 1.29 is 9.53 Å². The topological polar surface area (TPSA) is 29.5 Å². The minimum Gasteiger partial charge on any atom is -0.496 e. The molecule has 0 saturated heterocycles. The Hall–Kier alpha value is -1.51. The normalized spacial score (nSPS) is 14.8. The molecule has 17 heavy (non-hydrogen) atoms. The van der Waals surface area contributed by atoms with Gasteiger partial charge in [0.15, 0.2) is 0 Å². The molecule has 0 heterocycles. The van der Waals surface area contributed by atoms with E-state index in [9.17, 15) is 4.79 Å². The van der Waals surface area contributed by atoms with E-state index in [2.05, 4.69) is 13.8 Å². The van der Waals surface area contributed by atoms with E-state index in [1.165, 1.54) is 0 Å². The van der Waals surface area contributed by atoms with Crippen LogP contribution in [0.25, 0.3) is 0 Å². The zero-order valence-electron chi connectivity index (χ0n) is 10.6. The fraction of sp³-hybridized carbons (Fsp3) is 0.500. The number of rotatable bonds is 4. The molecule has 1 amide bonds. The van der Waals surface area contributed by atoms with E-state index in [0.29, 0.717) is 17.4 Å². The highest BCUT2D eigenvalue weighted by Crippen LogP contribution is 2.31. The number of hydrogen-bond acceptors (Lipinski definition) is 2. The van der Waals surface area contributed by atoms with Gasteiger partial charge in [0.25, 0.3) is 5.91 Å². The third-order valence-corrected chi connectivity index (χ3v) is 3.07. The molecule has 0 bridgehead atoms. The Balaban J connectivity index is 2.28. The maximum atomic E-state index is 12.5. The Labute approximate surface area is 102 Å². The lowest BCUT2D eigenvalue weighted by Gasteiger charge is -2.27. The van der Waals surface area contributed by atoms with E-state index in [1.807, 2.05) is 29.2 Å². The van der Waals surface area contributed by atoms with Crippen LogP contribution in [0.1, 0.15) is 37.0 Å². The van der Waals surface area contributed by atoms with Gasteiger partial charge >= 0.3 is 0 Å². The van der Waals surface area contributed by atoms with Gasteiger partial charge in [-0.25, -0.2) is 0 Å². The molecule has 0 aromatic heterocycles. The second kappa shape index (κ2) is 4.78. The van der Waals surface area contributed by atoms with Gasteiger partial charge in [0.2, 0.25) is 0 Å². The molecule has 1 aliphatic carbocycles. The summed E-state index contributed by atoms with van der Waals surface area (Å²) in [5.41, 5.74) is 0.663. The number of ether oxygens (including phenoxy) is 1. The van der Waals surface area contributed by atoms with Crippen LogP contribution in [-0.2, 0) is 0 Å². The van der Waals surface area contributed by atoms with Crippen LogP contribution in [0.2, 0.25) is 0 Å². The van der Waals surface area contributed by atoms with Gasteiger partial charge in [-0.05, 0) is 38.8 Å². The first-order chi connectivity index (χ1) is 8.15. The van der Waals surface area contributed by atoms with Crippen LogP contribution in [0.4, 0.5) is 0 Å². The second-order valence-electron chi connectivity index (χ2n) is 4.74. The number of para-hydroxylation sites is 1. The average Bonchev–Trinajstić information content (AvgIpc) is 3.13. The summed E-state index contributed by atoms with van der Waals surface area (Å²) in [6.45, 7) is 4.12. The lowest BCUT2D eigenvalue weighted by atomic mass is 10.1. The van der Waals surface area contributed by atoms with E-state index >= 15 is 0 Å². The first-order valence-electron chi connectivity index (χ1n) is 6.11. The van der Waals surface area contributed by atoms with Crippen LogP contribution < -0.4 is 4.74 Å². The van der Waals surface area contributed by atoms with E-state index < -0.39 is 0 Å². The highest BCUT2D eigenvalue weighted by molar-refractivity contribution is 5.97. The summed E-state index contributed by atoms with van der Waals surface area (Å²) in [6.07, 6.45) is 2.25. The molecule has 2 rings (SSSR count). The lowest BCUT2D eigenvalue weighted by molar-refractivity contribution is 0.0687. The molecule has 1 aliphatic rings. The van der Waals surface area contributed by atoms with Gasteiger partial charge in [-0.1, -0.05) is 12.1 Å². The Morgan fingerprint density at radius 3 is 2.53 bits per heavy atom. The maximum Gasteiger partial charge on any atom is 0.258 e. The minimum atomic E-state index is 0.0833. The third kappa shape index (κ3) is 2.43. The number of carbonyl (C=O) groups is 1. The van der Waals surface area contributed by atoms with Crippen molar-refractivity contribution in [3.63, 3.8) is 0 Å². The molecule has 0 aliphatic heterocycles. The van der Waals surface area contributed by atoms with Crippen LogP contribution >= 0.6 is 0 Å². The van der Waals surface area contributed by atoms with Gasteiger partial charge in [-0.3, -0.25) is 4.79 Å². The van der Waals surface area contributed by atoms with Crippen molar-refractivity contribution in [1.82, 2.24) is 4.90 Å². The first-order valence-corrected chi connectivity index (χ1v) is 6.11. The Morgan fingerprint density at radius 1 is 1.35 bits per heavy atom. The summed E-state index contributed by atoms with van der Waals surface area (Å²) >= 11 is 0. The monoisotopic (exact) mass is 233 g/mol. The molecule has 1 saturated carbocycles. The molecular weight excluding hydrogens is 214 g/mol. The van der Waals surface area contributed by atoms with Gasteiger partial charge in [-0.2, -0.15) is 0 Å². The first kappa shape index (κ1) is 12.0. The van der Waals surface area contributed by atoms with Crippen molar-refractivity contribution in [2.45, 2.75) is 38.8 Å². The number of carbonyl (C=O) groups excluding carboxylic acids is 1. The van der Waals surface area contributed by atoms with Crippen molar-refractivity contribution in [3.8, 4) is 5.75 Å². The fourth-order valence-corrected chi connectivity index (χ4v) is 2.14. The van der Waals surface area contributed by atoms with Crippen molar-refractivity contribution in [2.75, 3.05) is 7.11 Å².